The summed E-state index contributed by atoms with van der Waals surface area (Å²) in [6.45, 7) is 1.51. The van der Waals surface area contributed by atoms with E-state index >= 15 is 0 Å². The Morgan fingerprint density at radius 2 is 1.91 bits per heavy atom. The van der Waals surface area contributed by atoms with Crippen molar-refractivity contribution >= 4 is 50.0 Å². The van der Waals surface area contributed by atoms with E-state index in [4.69, 9.17) is 16.3 Å². The minimum absolute atomic E-state index is 0.0152. The molecule has 4 aromatic rings. The Balaban J connectivity index is 1.21. The number of nitrogens with one attached hydrogen (secondary N) is 1. The first-order chi connectivity index (χ1) is 16.1. The van der Waals surface area contributed by atoms with Crippen molar-refractivity contribution in [3.63, 3.8) is 0 Å². The third-order valence-corrected chi connectivity index (χ3v) is 6.98. The number of amides is 1. The van der Waals surface area contributed by atoms with Gasteiger partial charge in [0, 0.05) is 35.7 Å². The zero-order valence-corrected chi connectivity index (χ0v) is 19.6. The zero-order valence-electron chi connectivity index (χ0n) is 18.0. The molecule has 3 heterocycles. The van der Waals surface area contributed by atoms with Crippen molar-refractivity contribution < 1.29 is 9.53 Å². The van der Waals surface area contributed by atoms with Crippen LogP contribution in [0.3, 0.4) is 0 Å². The predicted molar refractivity (Wildman–Crippen MR) is 132 cm³/mol. The summed E-state index contributed by atoms with van der Waals surface area (Å²) in [5.74, 6) is 1.64. The molecule has 0 spiro atoms. The maximum atomic E-state index is 12.8. The highest BCUT2D eigenvalue weighted by Gasteiger charge is 2.26. The lowest BCUT2D eigenvalue weighted by atomic mass is 9.96. The van der Waals surface area contributed by atoms with Crippen molar-refractivity contribution in [2.24, 2.45) is 5.92 Å². The van der Waals surface area contributed by atoms with Gasteiger partial charge < -0.3 is 15.0 Å². The third kappa shape index (κ3) is 4.77. The molecule has 1 amide bonds. The van der Waals surface area contributed by atoms with Crippen LogP contribution in [-0.4, -0.2) is 41.1 Å². The number of halogens is 1. The number of hydrogen-bond donors (Lipinski definition) is 1. The van der Waals surface area contributed by atoms with Crippen LogP contribution in [0.4, 0.5) is 10.9 Å². The van der Waals surface area contributed by atoms with Gasteiger partial charge >= 0.3 is 0 Å². The van der Waals surface area contributed by atoms with E-state index in [2.05, 4.69) is 25.2 Å². The number of fused-ring (bicyclic) bond motifs is 1. The molecule has 0 unspecified atom stereocenters. The number of carbonyl (C=O) groups is 1. The molecule has 7 nitrogen and oxygen atoms in total. The van der Waals surface area contributed by atoms with Gasteiger partial charge in [0.15, 0.2) is 5.13 Å². The number of ether oxygens (including phenoxy) is 1. The summed E-state index contributed by atoms with van der Waals surface area (Å²) in [6, 6.07) is 15.3. The van der Waals surface area contributed by atoms with Crippen molar-refractivity contribution in [1.29, 1.82) is 0 Å². The van der Waals surface area contributed by atoms with Gasteiger partial charge in [0.2, 0.25) is 5.91 Å². The predicted octanol–water partition coefficient (Wildman–Crippen LogP) is 5.27. The molecule has 1 saturated heterocycles. The molecule has 168 valence electrons. The van der Waals surface area contributed by atoms with Gasteiger partial charge in [-0.05, 0) is 55.3 Å². The molecule has 33 heavy (non-hydrogen) atoms. The summed E-state index contributed by atoms with van der Waals surface area (Å²) in [6.07, 6.45) is 3.10. The van der Waals surface area contributed by atoms with Gasteiger partial charge in [0.1, 0.15) is 17.9 Å². The van der Waals surface area contributed by atoms with Crippen LogP contribution in [0.25, 0.3) is 21.5 Å². The molecule has 0 aliphatic carbocycles. The second-order valence-electron chi connectivity index (χ2n) is 7.87. The number of piperidine rings is 1. The summed E-state index contributed by atoms with van der Waals surface area (Å²) in [7, 11) is 1.65. The van der Waals surface area contributed by atoms with Crippen LogP contribution in [0, 0.1) is 5.92 Å². The van der Waals surface area contributed by atoms with Gasteiger partial charge in [0.25, 0.3) is 0 Å². The standard InChI is InChI=1S/C24H22ClN5O2S/c1-32-18-5-2-15(3-6-18)20-13-22(27-14-26-20)30-10-8-16(9-11-30)23(31)29-24-28-19-7-4-17(25)12-21(19)33-24/h2-7,12-14,16H,8-11H2,1H3,(H,28,29,31). The van der Waals surface area contributed by atoms with Gasteiger partial charge in [-0.1, -0.05) is 22.9 Å². The minimum Gasteiger partial charge on any atom is -0.497 e. The topological polar surface area (TPSA) is 80.2 Å². The molecule has 2 aromatic heterocycles. The molecular weight excluding hydrogens is 458 g/mol. The fourth-order valence-corrected chi connectivity index (χ4v) is 5.11. The summed E-state index contributed by atoms with van der Waals surface area (Å²) < 4.78 is 6.19. The second-order valence-corrected chi connectivity index (χ2v) is 9.34. The number of nitrogens with zero attached hydrogens (tertiary/aromatic N) is 4. The van der Waals surface area contributed by atoms with E-state index in [1.807, 2.05) is 42.5 Å². The largest absolute Gasteiger partial charge is 0.497 e. The van der Waals surface area contributed by atoms with E-state index in [1.54, 1.807) is 19.5 Å². The lowest BCUT2D eigenvalue weighted by Gasteiger charge is -2.32. The Kier molecular flexibility index (Phi) is 6.11. The Labute approximate surface area is 200 Å². The fourth-order valence-electron chi connectivity index (χ4n) is 3.97. The molecular formula is C24H22ClN5O2S. The van der Waals surface area contributed by atoms with Crippen molar-refractivity contribution in [3.8, 4) is 17.0 Å². The smallest absolute Gasteiger partial charge is 0.229 e. The first kappa shape index (κ1) is 21.6. The number of rotatable bonds is 5. The van der Waals surface area contributed by atoms with Crippen LogP contribution in [0.15, 0.2) is 54.9 Å². The average molecular weight is 480 g/mol. The number of hydrogen-bond acceptors (Lipinski definition) is 7. The third-order valence-electron chi connectivity index (χ3n) is 5.81. The lowest BCUT2D eigenvalue weighted by Crippen LogP contribution is -2.38. The highest BCUT2D eigenvalue weighted by atomic mass is 35.5. The number of thiazole rings is 1. The molecule has 1 aliphatic rings. The van der Waals surface area contributed by atoms with E-state index < -0.39 is 0 Å². The second kappa shape index (κ2) is 9.33. The molecule has 1 N–H and O–H groups in total. The van der Waals surface area contributed by atoms with E-state index in [1.165, 1.54) is 11.3 Å². The highest BCUT2D eigenvalue weighted by molar-refractivity contribution is 7.22. The fraction of sp³-hybridized carbons (Fsp3) is 0.250. The van der Waals surface area contributed by atoms with Gasteiger partial charge in [-0.2, -0.15) is 0 Å². The molecule has 2 aromatic carbocycles. The highest BCUT2D eigenvalue weighted by Crippen LogP contribution is 2.30. The van der Waals surface area contributed by atoms with Crippen LogP contribution < -0.4 is 15.0 Å². The Morgan fingerprint density at radius 3 is 2.67 bits per heavy atom. The van der Waals surface area contributed by atoms with Crippen molar-refractivity contribution in [1.82, 2.24) is 15.0 Å². The van der Waals surface area contributed by atoms with Crippen LogP contribution in [0.1, 0.15) is 12.8 Å². The molecule has 5 rings (SSSR count). The molecule has 1 aliphatic heterocycles. The molecule has 0 atom stereocenters. The number of methoxy groups -OCH3 is 1. The Morgan fingerprint density at radius 1 is 1.12 bits per heavy atom. The summed E-state index contributed by atoms with van der Waals surface area (Å²) in [4.78, 5) is 28.4. The SMILES string of the molecule is COc1ccc(-c2cc(N3CCC(C(=O)Nc4nc5ccc(Cl)cc5s4)CC3)ncn2)cc1. The zero-order chi connectivity index (χ0) is 22.8. The van der Waals surface area contributed by atoms with Gasteiger partial charge in [-0.3, -0.25) is 4.79 Å². The number of anilines is 2. The summed E-state index contributed by atoms with van der Waals surface area (Å²) in [5.41, 5.74) is 2.70. The number of aromatic nitrogens is 3. The maximum absolute atomic E-state index is 12.8. The molecule has 0 radical (unpaired) electrons. The van der Waals surface area contributed by atoms with Crippen LogP contribution in [0.2, 0.25) is 5.02 Å². The Bertz CT molecular complexity index is 1290. The van der Waals surface area contributed by atoms with Crippen molar-refractivity contribution in [2.75, 3.05) is 30.4 Å². The maximum Gasteiger partial charge on any atom is 0.229 e. The van der Waals surface area contributed by atoms with Crippen molar-refractivity contribution in [2.45, 2.75) is 12.8 Å². The number of benzene rings is 2. The van der Waals surface area contributed by atoms with Crippen LogP contribution in [0.5, 0.6) is 5.75 Å². The first-order valence-electron chi connectivity index (χ1n) is 10.7. The normalized spacial score (nSPS) is 14.4. The van der Waals surface area contributed by atoms with E-state index in [-0.39, 0.29) is 11.8 Å². The molecule has 9 heteroatoms. The van der Waals surface area contributed by atoms with Crippen LogP contribution in [-0.2, 0) is 4.79 Å². The molecule has 0 saturated carbocycles. The quantitative estimate of drug-likeness (QED) is 0.420. The van der Waals surface area contributed by atoms with Gasteiger partial charge in [-0.15, -0.1) is 0 Å². The van der Waals surface area contributed by atoms with E-state index in [9.17, 15) is 4.79 Å². The van der Waals surface area contributed by atoms with Crippen LogP contribution >= 0.6 is 22.9 Å². The van der Waals surface area contributed by atoms with Gasteiger partial charge in [0.05, 0.1) is 23.0 Å². The molecule has 0 bridgehead atoms. The monoisotopic (exact) mass is 479 g/mol. The first-order valence-corrected chi connectivity index (χ1v) is 11.9. The van der Waals surface area contributed by atoms with Gasteiger partial charge in [-0.25, -0.2) is 15.0 Å². The summed E-state index contributed by atoms with van der Waals surface area (Å²) >= 11 is 7.49. The van der Waals surface area contributed by atoms with Crippen molar-refractivity contribution in [3.05, 3.63) is 59.9 Å². The Hall–Kier alpha value is -3.23. The minimum atomic E-state index is -0.0558. The molecule has 1 fully saturated rings. The number of carbonyl (C=O) groups excluding carboxylic acids is 1. The van der Waals surface area contributed by atoms with E-state index in [0.717, 1.165) is 59.0 Å². The summed E-state index contributed by atoms with van der Waals surface area (Å²) in [5, 5.41) is 4.26. The lowest BCUT2D eigenvalue weighted by molar-refractivity contribution is -0.120. The average Bonchev–Trinajstić information content (AvgIpc) is 3.25. The van der Waals surface area contributed by atoms with E-state index in [0.29, 0.717) is 10.2 Å².